The topological polar surface area (TPSA) is 72.3 Å². The van der Waals surface area contributed by atoms with Crippen molar-refractivity contribution in [1.29, 1.82) is 0 Å². The molecule has 0 saturated carbocycles. The summed E-state index contributed by atoms with van der Waals surface area (Å²) in [5, 5.41) is 0. The number of nitrogens with two attached hydrogens (primary N) is 2. The summed E-state index contributed by atoms with van der Waals surface area (Å²) in [7, 11) is 0. The standard InChI is InChI=1S/C14H20FN3O/c1-2-9-4-3-5-18(8-9)13-6-10(14(17)19)12(16)7-11(13)15/h6-7,9H,2-5,8,16H2,1H3,(H2,17,19). The third-order valence-electron chi connectivity index (χ3n) is 3.82. The second-order valence-corrected chi connectivity index (χ2v) is 5.12. The van der Waals surface area contributed by atoms with Crippen molar-refractivity contribution in [2.24, 2.45) is 11.7 Å². The first-order chi connectivity index (χ1) is 9.02. The molecule has 0 bridgehead atoms. The van der Waals surface area contributed by atoms with Crippen LogP contribution in [0.4, 0.5) is 15.8 Å². The number of nitrogen functional groups attached to an aromatic ring is 1. The number of nitrogens with zero attached hydrogens (tertiary/aromatic N) is 1. The lowest BCUT2D eigenvalue weighted by Crippen LogP contribution is -2.36. The summed E-state index contributed by atoms with van der Waals surface area (Å²) < 4.78 is 14.0. The smallest absolute Gasteiger partial charge is 0.250 e. The van der Waals surface area contributed by atoms with Crippen LogP contribution in [0.15, 0.2) is 12.1 Å². The van der Waals surface area contributed by atoms with Gasteiger partial charge in [0.2, 0.25) is 0 Å². The Labute approximate surface area is 112 Å². The molecule has 2 rings (SSSR count). The summed E-state index contributed by atoms with van der Waals surface area (Å²) in [5.74, 6) is -0.440. The number of hydrogen-bond acceptors (Lipinski definition) is 3. The predicted octanol–water partition coefficient (Wildman–Crippen LogP) is 2.13. The number of amides is 1. The Morgan fingerprint density at radius 3 is 2.89 bits per heavy atom. The molecule has 1 aliphatic rings. The van der Waals surface area contributed by atoms with Crippen LogP contribution in [-0.2, 0) is 0 Å². The van der Waals surface area contributed by atoms with Gasteiger partial charge in [-0.15, -0.1) is 0 Å². The fraction of sp³-hybridized carbons (Fsp3) is 0.500. The first-order valence-electron chi connectivity index (χ1n) is 6.66. The van der Waals surface area contributed by atoms with Gasteiger partial charge in [0.25, 0.3) is 5.91 Å². The number of benzene rings is 1. The Bertz CT molecular complexity index is 490. The number of anilines is 2. The monoisotopic (exact) mass is 265 g/mol. The van der Waals surface area contributed by atoms with Gasteiger partial charge in [-0.2, -0.15) is 0 Å². The van der Waals surface area contributed by atoms with E-state index in [2.05, 4.69) is 6.92 Å². The van der Waals surface area contributed by atoms with Crippen LogP contribution in [0.5, 0.6) is 0 Å². The molecule has 19 heavy (non-hydrogen) atoms. The number of piperidine rings is 1. The summed E-state index contributed by atoms with van der Waals surface area (Å²) >= 11 is 0. The number of carbonyl (C=O) groups is 1. The average Bonchev–Trinajstić information content (AvgIpc) is 2.38. The van der Waals surface area contributed by atoms with E-state index in [9.17, 15) is 9.18 Å². The van der Waals surface area contributed by atoms with Crippen LogP contribution in [0, 0.1) is 11.7 Å². The van der Waals surface area contributed by atoms with E-state index in [-0.39, 0.29) is 17.1 Å². The van der Waals surface area contributed by atoms with Gasteiger partial charge in [-0.05, 0) is 30.9 Å². The average molecular weight is 265 g/mol. The van der Waals surface area contributed by atoms with Crippen molar-refractivity contribution in [3.8, 4) is 0 Å². The van der Waals surface area contributed by atoms with E-state index in [1.54, 1.807) is 0 Å². The molecule has 0 radical (unpaired) electrons. The molecule has 1 amide bonds. The van der Waals surface area contributed by atoms with E-state index in [0.717, 1.165) is 25.9 Å². The lowest BCUT2D eigenvalue weighted by Gasteiger charge is -2.34. The van der Waals surface area contributed by atoms with Gasteiger partial charge in [-0.1, -0.05) is 13.3 Å². The molecule has 0 aromatic heterocycles. The van der Waals surface area contributed by atoms with Gasteiger partial charge in [0, 0.05) is 18.8 Å². The molecule has 4 nitrogen and oxygen atoms in total. The quantitative estimate of drug-likeness (QED) is 0.822. The highest BCUT2D eigenvalue weighted by atomic mass is 19.1. The molecule has 1 fully saturated rings. The Hall–Kier alpha value is -1.78. The van der Waals surface area contributed by atoms with Crippen LogP contribution < -0.4 is 16.4 Å². The van der Waals surface area contributed by atoms with Gasteiger partial charge < -0.3 is 16.4 Å². The zero-order valence-corrected chi connectivity index (χ0v) is 11.2. The zero-order chi connectivity index (χ0) is 14.0. The molecule has 1 heterocycles. The van der Waals surface area contributed by atoms with Crippen molar-refractivity contribution >= 4 is 17.3 Å². The maximum atomic E-state index is 14.0. The first kappa shape index (κ1) is 13.6. The van der Waals surface area contributed by atoms with Gasteiger partial charge in [-0.25, -0.2) is 4.39 Å². The van der Waals surface area contributed by atoms with Crippen molar-refractivity contribution in [1.82, 2.24) is 0 Å². The SMILES string of the molecule is CCC1CCCN(c2cc(C(N)=O)c(N)cc2F)C1. The Balaban J connectivity index is 2.33. The third kappa shape index (κ3) is 2.80. The van der Waals surface area contributed by atoms with Crippen molar-refractivity contribution in [3.05, 3.63) is 23.5 Å². The third-order valence-corrected chi connectivity index (χ3v) is 3.82. The minimum Gasteiger partial charge on any atom is -0.398 e. The molecule has 1 aliphatic heterocycles. The summed E-state index contributed by atoms with van der Waals surface area (Å²) in [5.41, 5.74) is 11.6. The van der Waals surface area contributed by atoms with Crippen molar-refractivity contribution < 1.29 is 9.18 Å². The van der Waals surface area contributed by atoms with E-state index in [0.29, 0.717) is 11.6 Å². The molecular weight excluding hydrogens is 245 g/mol. The molecule has 1 unspecified atom stereocenters. The van der Waals surface area contributed by atoms with Crippen LogP contribution in [0.3, 0.4) is 0 Å². The first-order valence-corrected chi connectivity index (χ1v) is 6.66. The largest absolute Gasteiger partial charge is 0.398 e. The number of primary amides is 1. The Kier molecular flexibility index (Phi) is 3.93. The fourth-order valence-electron chi connectivity index (χ4n) is 2.65. The number of rotatable bonds is 3. The summed E-state index contributed by atoms with van der Waals surface area (Å²) in [6, 6.07) is 2.66. The van der Waals surface area contributed by atoms with Crippen LogP contribution in [-0.4, -0.2) is 19.0 Å². The maximum Gasteiger partial charge on any atom is 0.250 e. The number of hydrogen-bond donors (Lipinski definition) is 2. The van der Waals surface area contributed by atoms with Crippen LogP contribution in [0.1, 0.15) is 36.5 Å². The minimum atomic E-state index is -0.622. The molecule has 5 heteroatoms. The highest BCUT2D eigenvalue weighted by Crippen LogP contribution is 2.30. The van der Waals surface area contributed by atoms with Gasteiger partial charge >= 0.3 is 0 Å². The molecule has 0 spiro atoms. The van der Waals surface area contributed by atoms with Crippen LogP contribution >= 0.6 is 0 Å². The molecule has 4 N–H and O–H groups in total. The van der Waals surface area contributed by atoms with E-state index in [1.807, 2.05) is 4.90 Å². The molecule has 104 valence electrons. The second kappa shape index (κ2) is 5.47. The van der Waals surface area contributed by atoms with Crippen LogP contribution in [0.25, 0.3) is 0 Å². The summed E-state index contributed by atoms with van der Waals surface area (Å²) in [6.07, 6.45) is 3.29. The lowest BCUT2D eigenvalue weighted by atomic mass is 9.95. The Morgan fingerprint density at radius 1 is 1.53 bits per heavy atom. The van der Waals surface area contributed by atoms with Gasteiger partial charge in [0.15, 0.2) is 0 Å². The Morgan fingerprint density at radius 2 is 2.26 bits per heavy atom. The molecule has 1 aromatic rings. The molecular formula is C14H20FN3O. The van der Waals surface area contributed by atoms with E-state index < -0.39 is 5.91 Å². The fourth-order valence-corrected chi connectivity index (χ4v) is 2.65. The van der Waals surface area contributed by atoms with E-state index in [4.69, 9.17) is 11.5 Å². The van der Waals surface area contributed by atoms with Crippen molar-refractivity contribution in [2.45, 2.75) is 26.2 Å². The number of carbonyl (C=O) groups excluding carboxylic acids is 1. The van der Waals surface area contributed by atoms with E-state index in [1.165, 1.54) is 18.6 Å². The highest BCUT2D eigenvalue weighted by Gasteiger charge is 2.22. The number of halogens is 1. The van der Waals surface area contributed by atoms with Crippen molar-refractivity contribution in [3.63, 3.8) is 0 Å². The van der Waals surface area contributed by atoms with Crippen LogP contribution in [0.2, 0.25) is 0 Å². The molecule has 1 aromatic carbocycles. The normalized spacial score (nSPS) is 19.5. The van der Waals surface area contributed by atoms with Gasteiger partial charge in [0.1, 0.15) is 5.82 Å². The van der Waals surface area contributed by atoms with Gasteiger partial charge in [-0.3, -0.25) is 4.79 Å². The summed E-state index contributed by atoms with van der Waals surface area (Å²) in [4.78, 5) is 13.3. The molecule has 1 atom stereocenters. The molecule has 1 saturated heterocycles. The zero-order valence-electron chi connectivity index (χ0n) is 11.2. The van der Waals surface area contributed by atoms with Gasteiger partial charge in [0.05, 0.1) is 11.3 Å². The predicted molar refractivity (Wildman–Crippen MR) is 74.6 cm³/mol. The second-order valence-electron chi connectivity index (χ2n) is 5.12. The lowest BCUT2D eigenvalue weighted by molar-refractivity contribution is 0.100. The molecule has 0 aliphatic carbocycles. The highest BCUT2D eigenvalue weighted by molar-refractivity contribution is 5.99. The van der Waals surface area contributed by atoms with Crippen molar-refractivity contribution in [2.75, 3.05) is 23.7 Å². The van der Waals surface area contributed by atoms with E-state index >= 15 is 0 Å². The maximum absolute atomic E-state index is 14.0. The summed E-state index contributed by atoms with van der Waals surface area (Å²) in [6.45, 7) is 3.76. The minimum absolute atomic E-state index is 0.0952.